The van der Waals surface area contributed by atoms with Gasteiger partial charge in [0.25, 0.3) is 0 Å². The largest absolute Gasteiger partial charge is 0.492 e. The summed E-state index contributed by atoms with van der Waals surface area (Å²) in [4.78, 5) is 17.1. The summed E-state index contributed by atoms with van der Waals surface area (Å²) in [6, 6.07) is 23.8. The molecule has 1 heterocycles. The summed E-state index contributed by atoms with van der Waals surface area (Å²) >= 11 is 5.91. The fraction of sp³-hybridized carbons (Fsp3) is 0.286. The van der Waals surface area contributed by atoms with Crippen molar-refractivity contribution in [2.75, 3.05) is 13.2 Å². The van der Waals surface area contributed by atoms with E-state index in [-0.39, 0.29) is 5.91 Å². The molecule has 0 atom stereocenters. The molecule has 0 aliphatic rings. The van der Waals surface area contributed by atoms with Crippen LogP contribution in [0.15, 0.2) is 72.8 Å². The number of fused-ring (bicyclic) bond motifs is 1. The molecule has 4 rings (SSSR count). The Morgan fingerprint density at radius 1 is 1.00 bits per heavy atom. The van der Waals surface area contributed by atoms with Crippen LogP contribution >= 0.6 is 11.6 Å². The number of amides is 1. The van der Waals surface area contributed by atoms with Crippen molar-refractivity contribution in [3.63, 3.8) is 0 Å². The van der Waals surface area contributed by atoms with Crippen molar-refractivity contribution in [1.82, 2.24) is 14.9 Å². The minimum atomic E-state index is 0.0123. The molecule has 0 bridgehead atoms. The van der Waals surface area contributed by atoms with Gasteiger partial charge in [-0.25, -0.2) is 4.98 Å². The van der Waals surface area contributed by atoms with Crippen molar-refractivity contribution in [3.05, 3.63) is 94.8 Å². The quantitative estimate of drug-likeness (QED) is 0.286. The van der Waals surface area contributed by atoms with Gasteiger partial charge in [0, 0.05) is 18.0 Å². The Balaban J connectivity index is 1.31. The third-order valence-electron chi connectivity index (χ3n) is 5.83. The van der Waals surface area contributed by atoms with Gasteiger partial charge in [-0.05, 0) is 60.4 Å². The van der Waals surface area contributed by atoms with Gasteiger partial charge in [0.1, 0.15) is 18.2 Å². The summed E-state index contributed by atoms with van der Waals surface area (Å²) in [5.74, 6) is 1.91. The molecule has 0 aliphatic heterocycles. The predicted molar refractivity (Wildman–Crippen MR) is 138 cm³/mol. The molecule has 34 heavy (non-hydrogen) atoms. The molecule has 0 radical (unpaired) electrons. The van der Waals surface area contributed by atoms with Gasteiger partial charge in [-0.1, -0.05) is 54.9 Å². The average molecular weight is 476 g/mol. The van der Waals surface area contributed by atoms with Crippen LogP contribution in [0.2, 0.25) is 5.02 Å². The third kappa shape index (κ3) is 6.39. The number of para-hydroxylation sites is 2. The number of nitrogens with one attached hydrogen (secondary N) is 1. The normalized spacial score (nSPS) is 11.0. The molecule has 0 spiro atoms. The van der Waals surface area contributed by atoms with E-state index in [1.54, 1.807) is 12.1 Å². The van der Waals surface area contributed by atoms with Gasteiger partial charge in [0.2, 0.25) is 5.91 Å². The number of hydrogen-bond acceptors (Lipinski definition) is 3. The molecule has 0 aliphatic carbocycles. The molecule has 176 valence electrons. The first kappa shape index (κ1) is 23.8. The number of ether oxygens (including phenoxy) is 1. The Morgan fingerprint density at radius 2 is 1.74 bits per heavy atom. The van der Waals surface area contributed by atoms with Gasteiger partial charge in [-0.2, -0.15) is 0 Å². The highest BCUT2D eigenvalue weighted by Crippen LogP contribution is 2.18. The summed E-state index contributed by atoms with van der Waals surface area (Å²) in [6.07, 6.45) is 2.97. The van der Waals surface area contributed by atoms with Crippen LogP contribution in [-0.4, -0.2) is 28.6 Å². The van der Waals surface area contributed by atoms with Crippen LogP contribution in [0.1, 0.15) is 30.3 Å². The standard InChI is InChI=1S/C28H30ClN3O2/c1-2-21-11-15-24(16-12-21)34-19-18-32-26-7-4-3-6-25(26)31-27(32)8-5-17-30-28(33)20-22-9-13-23(29)14-10-22/h3-4,6-7,9-16H,2,5,8,17-20H2,1H3,(H,30,33). The molecule has 1 amide bonds. The number of carbonyl (C=O) groups is 1. The maximum absolute atomic E-state index is 12.3. The number of halogens is 1. The summed E-state index contributed by atoms with van der Waals surface area (Å²) in [7, 11) is 0. The fourth-order valence-electron chi connectivity index (χ4n) is 3.97. The number of benzene rings is 3. The van der Waals surface area contributed by atoms with Crippen LogP contribution in [-0.2, 0) is 30.6 Å². The first-order chi connectivity index (χ1) is 16.6. The van der Waals surface area contributed by atoms with E-state index in [0.717, 1.165) is 47.4 Å². The minimum Gasteiger partial charge on any atom is -0.492 e. The molecule has 0 unspecified atom stereocenters. The Morgan fingerprint density at radius 3 is 2.50 bits per heavy atom. The lowest BCUT2D eigenvalue weighted by atomic mass is 10.1. The molecule has 4 aromatic rings. The highest BCUT2D eigenvalue weighted by Gasteiger charge is 2.11. The molecule has 1 aromatic heterocycles. The first-order valence-electron chi connectivity index (χ1n) is 11.8. The average Bonchev–Trinajstić information content (AvgIpc) is 3.21. The van der Waals surface area contributed by atoms with E-state index >= 15 is 0 Å². The number of nitrogens with zero attached hydrogens (tertiary/aromatic N) is 2. The zero-order chi connectivity index (χ0) is 23.8. The van der Waals surface area contributed by atoms with Crippen molar-refractivity contribution in [2.24, 2.45) is 0 Å². The Bertz CT molecular complexity index is 1220. The van der Waals surface area contributed by atoms with Crippen LogP contribution in [0.25, 0.3) is 11.0 Å². The second-order valence-electron chi connectivity index (χ2n) is 8.27. The molecule has 1 N–H and O–H groups in total. The number of carbonyl (C=O) groups excluding carboxylic acids is 1. The second kappa shape index (κ2) is 11.7. The highest BCUT2D eigenvalue weighted by atomic mass is 35.5. The van der Waals surface area contributed by atoms with E-state index in [9.17, 15) is 4.79 Å². The number of rotatable bonds is 11. The third-order valence-corrected chi connectivity index (χ3v) is 6.08. The minimum absolute atomic E-state index is 0.0123. The van der Waals surface area contributed by atoms with E-state index < -0.39 is 0 Å². The van der Waals surface area contributed by atoms with Crippen LogP contribution in [0.3, 0.4) is 0 Å². The summed E-state index contributed by atoms with van der Waals surface area (Å²) in [6.45, 7) is 4.04. The monoisotopic (exact) mass is 475 g/mol. The Kier molecular flexibility index (Phi) is 8.21. The molecular weight excluding hydrogens is 446 g/mol. The highest BCUT2D eigenvalue weighted by molar-refractivity contribution is 6.30. The van der Waals surface area contributed by atoms with Gasteiger partial charge < -0.3 is 14.6 Å². The van der Waals surface area contributed by atoms with E-state index in [0.29, 0.717) is 31.1 Å². The van der Waals surface area contributed by atoms with E-state index in [4.69, 9.17) is 21.3 Å². The molecular formula is C28H30ClN3O2. The number of aryl methyl sites for hydroxylation is 2. The van der Waals surface area contributed by atoms with Crippen molar-refractivity contribution in [2.45, 2.75) is 39.2 Å². The molecule has 0 saturated carbocycles. The van der Waals surface area contributed by atoms with Gasteiger partial charge >= 0.3 is 0 Å². The lowest BCUT2D eigenvalue weighted by Gasteiger charge is -2.11. The Labute approximate surface area is 205 Å². The van der Waals surface area contributed by atoms with Crippen molar-refractivity contribution in [1.29, 1.82) is 0 Å². The molecule has 0 fully saturated rings. The van der Waals surface area contributed by atoms with Crippen LogP contribution in [0.4, 0.5) is 0 Å². The van der Waals surface area contributed by atoms with Gasteiger partial charge in [-0.15, -0.1) is 0 Å². The van der Waals surface area contributed by atoms with E-state index in [1.807, 2.05) is 42.5 Å². The summed E-state index contributed by atoms with van der Waals surface area (Å²) in [5, 5.41) is 3.68. The van der Waals surface area contributed by atoms with Gasteiger partial charge in [0.05, 0.1) is 24.0 Å². The predicted octanol–water partition coefficient (Wildman–Crippen LogP) is 5.62. The smallest absolute Gasteiger partial charge is 0.224 e. The van der Waals surface area contributed by atoms with Crippen molar-refractivity contribution < 1.29 is 9.53 Å². The van der Waals surface area contributed by atoms with Crippen LogP contribution in [0.5, 0.6) is 5.75 Å². The maximum atomic E-state index is 12.3. The van der Waals surface area contributed by atoms with Crippen molar-refractivity contribution >= 4 is 28.5 Å². The zero-order valence-corrected chi connectivity index (χ0v) is 20.2. The zero-order valence-electron chi connectivity index (χ0n) is 19.5. The molecule has 5 nitrogen and oxygen atoms in total. The number of aromatic nitrogens is 2. The topological polar surface area (TPSA) is 56.1 Å². The van der Waals surface area contributed by atoms with Gasteiger partial charge in [-0.3, -0.25) is 4.79 Å². The summed E-state index contributed by atoms with van der Waals surface area (Å²) in [5.41, 5.74) is 4.34. The second-order valence-corrected chi connectivity index (χ2v) is 8.71. The Hall–Kier alpha value is -3.31. The molecule has 3 aromatic carbocycles. The summed E-state index contributed by atoms with van der Waals surface area (Å²) < 4.78 is 8.22. The van der Waals surface area contributed by atoms with Crippen LogP contribution < -0.4 is 10.1 Å². The molecule has 0 saturated heterocycles. The first-order valence-corrected chi connectivity index (χ1v) is 12.2. The molecule has 6 heteroatoms. The number of hydrogen-bond donors (Lipinski definition) is 1. The van der Waals surface area contributed by atoms with Crippen molar-refractivity contribution in [3.8, 4) is 5.75 Å². The SMILES string of the molecule is CCc1ccc(OCCn2c(CCCNC(=O)Cc3ccc(Cl)cc3)nc3ccccc32)cc1. The maximum Gasteiger partial charge on any atom is 0.224 e. The lowest BCUT2D eigenvalue weighted by Crippen LogP contribution is -2.26. The van der Waals surface area contributed by atoms with Crippen LogP contribution in [0, 0.1) is 0 Å². The van der Waals surface area contributed by atoms with E-state index in [1.165, 1.54) is 5.56 Å². The lowest BCUT2D eigenvalue weighted by molar-refractivity contribution is -0.120. The fourth-order valence-corrected chi connectivity index (χ4v) is 4.09. The van der Waals surface area contributed by atoms with E-state index in [2.05, 4.69) is 35.0 Å². The van der Waals surface area contributed by atoms with Gasteiger partial charge in [0.15, 0.2) is 0 Å². The number of imidazole rings is 1.